The minimum atomic E-state index is -0.943. The zero-order chi connectivity index (χ0) is 13.4. The van der Waals surface area contributed by atoms with Crippen molar-refractivity contribution in [1.29, 1.82) is 0 Å². The number of carboxylic acids is 1. The zero-order valence-electron chi connectivity index (χ0n) is 10.2. The van der Waals surface area contributed by atoms with Crippen molar-refractivity contribution in [2.45, 2.75) is 24.9 Å². The van der Waals surface area contributed by atoms with E-state index in [1.54, 1.807) is 18.2 Å². The Kier molecular flexibility index (Phi) is 3.16. The molecular weight excluding hydrogens is 268 g/mol. The molecule has 3 rings (SSSR count). The summed E-state index contributed by atoms with van der Waals surface area (Å²) < 4.78 is 7.38. The first-order chi connectivity index (χ1) is 9.19. The van der Waals surface area contributed by atoms with Gasteiger partial charge in [-0.1, -0.05) is 0 Å². The lowest BCUT2D eigenvalue weighted by atomic mass is 10.1. The monoisotopic (exact) mass is 280 g/mol. The maximum atomic E-state index is 11.0. The molecule has 0 radical (unpaired) electrons. The van der Waals surface area contributed by atoms with Crippen LogP contribution in [0, 0.1) is 0 Å². The molecule has 1 aromatic carbocycles. The lowest BCUT2D eigenvalue weighted by Crippen LogP contribution is -2.31. The van der Waals surface area contributed by atoms with Crippen LogP contribution in [0.4, 0.5) is 0 Å². The first-order valence-corrected chi connectivity index (χ1v) is 6.62. The van der Waals surface area contributed by atoms with Crippen molar-refractivity contribution >= 4 is 28.6 Å². The average molecular weight is 281 g/mol. The smallest absolute Gasteiger partial charge is 0.335 e. The summed E-state index contributed by atoms with van der Waals surface area (Å²) in [6, 6.07) is 4.91. The van der Waals surface area contributed by atoms with Gasteiger partial charge in [-0.05, 0) is 24.6 Å². The van der Waals surface area contributed by atoms with Gasteiger partial charge in [0, 0.05) is 6.61 Å². The lowest BCUT2D eigenvalue weighted by molar-refractivity contribution is -0.0589. The SMILES string of the molecule is O=C(O)c1ccc2nc(CCl)n(CC3CCO3)c2c1. The summed E-state index contributed by atoms with van der Waals surface area (Å²) in [5, 5.41) is 9.06. The van der Waals surface area contributed by atoms with Crippen molar-refractivity contribution in [3.63, 3.8) is 0 Å². The maximum Gasteiger partial charge on any atom is 0.335 e. The van der Waals surface area contributed by atoms with Crippen LogP contribution in [0.3, 0.4) is 0 Å². The van der Waals surface area contributed by atoms with Gasteiger partial charge < -0.3 is 14.4 Å². The van der Waals surface area contributed by atoms with Crippen molar-refractivity contribution in [3.8, 4) is 0 Å². The second-order valence-electron chi connectivity index (χ2n) is 4.56. The Labute approximate surface area is 114 Å². The highest BCUT2D eigenvalue weighted by Gasteiger charge is 2.21. The summed E-state index contributed by atoms with van der Waals surface area (Å²) in [6.07, 6.45) is 1.19. The first kappa shape index (κ1) is 12.4. The molecule has 6 heteroatoms. The van der Waals surface area contributed by atoms with Crippen LogP contribution in [0.25, 0.3) is 11.0 Å². The molecule has 0 saturated carbocycles. The maximum absolute atomic E-state index is 11.0. The highest BCUT2D eigenvalue weighted by Crippen LogP contribution is 2.23. The van der Waals surface area contributed by atoms with Crippen LogP contribution in [-0.4, -0.2) is 33.3 Å². The number of fused-ring (bicyclic) bond motifs is 1. The fourth-order valence-corrected chi connectivity index (χ4v) is 2.45. The first-order valence-electron chi connectivity index (χ1n) is 6.09. The van der Waals surface area contributed by atoms with Crippen LogP contribution in [0.2, 0.25) is 0 Å². The van der Waals surface area contributed by atoms with Gasteiger partial charge in [-0.15, -0.1) is 11.6 Å². The summed E-state index contributed by atoms with van der Waals surface area (Å²) in [5.74, 6) is 0.0979. The van der Waals surface area contributed by atoms with E-state index in [1.807, 2.05) is 4.57 Å². The molecular formula is C13H13ClN2O3. The summed E-state index contributed by atoms with van der Waals surface area (Å²) in [4.78, 5) is 15.5. The van der Waals surface area contributed by atoms with Gasteiger partial charge in [0.25, 0.3) is 0 Å². The fourth-order valence-electron chi connectivity index (χ4n) is 2.24. The lowest BCUT2D eigenvalue weighted by Gasteiger charge is -2.27. The van der Waals surface area contributed by atoms with Gasteiger partial charge in [-0.25, -0.2) is 9.78 Å². The average Bonchev–Trinajstić information content (AvgIpc) is 2.70. The summed E-state index contributed by atoms with van der Waals surface area (Å²) >= 11 is 5.91. The molecule has 0 aliphatic carbocycles. The third-order valence-electron chi connectivity index (χ3n) is 3.37. The Morgan fingerprint density at radius 3 is 2.95 bits per heavy atom. The molecule has 0 bridgehead atoms. The molecule has 1 aromatic heterocycles. The Morgan fingerprint density at radius 2 is 2.37 bits per heavy atom. The van der Waals surface area contributed by atoms with E-state index in [0.29, 0.717) is 12.4 Å². The number of carboxylic acid groups (broad SMARTS) is 1. The van der Waals surface area contributed by atoms with Crippen molar-refractivity contribution in [3.05, 3.63) is 29.6 Å². The highest BCUT2D eigenvalue weighted by molar-refractivity contribution is 6.16. The van der Waals surface area contributed by atoms with Gasteiger partial charge in [0.1, 0.15) is 5.82 Å². The summed E-state index contributed by atoms with van der Waals surface area (Å²) in [7, 11) is 0. The Morgan fingerprint density at radius 1 is 1.58 bits per heavy atom. The molecule has 1 unspecified atom stereocenters. The van der Waals surface area contributed by atoms with E-state index >= 15 is 0 Å². The van der Waals surface area contributed by atoms with Crippen molar-refractivity contribution in [2.24, 2.45) is 0 Å². The number of halogens is 1. The van der Waals surface area contributed by atoms with Crippen LogP contribution < -0.4 is 0 Å². The second kappa shape index (κ2) is 4.83. The van der Waals surface area contributed by atoms with Crippen molar-refractivity contribution < 1.29 is 14.6 Å². The highest BCUT2D eigenvalue weighted by atomic mass is 35.5. The molecule has 0 spiro atoms. The minimum Gasteiger partial charge on any atom is -0.478 e. The molecule has 1 atom stereocenters. The van der Waals surface area contributed by atoms with E-state index < -0.39 is 5.97 Å². The summed E-state index contributed by atoms with van der Waals surface area (Å²) in [5.41, 5.74) is 1.82. The summed E-state index contributed by atoms with van der Waals surface area (Å²) in [6.45, 7) is 1.45. The van der Waals surface area contributed by atoms with E-state index in [0.717, 1.165) is 29.9 Å². The molecule has 2 aromatic rings. The van der Waals surface area contributed by atoms with Crippen LogP contribution in [0.5, 0.6) is 0 Å². The van der Waals surface area contributed by atoms with Gasteiger partial charge in [-0.3, -0.25) is 0 Å². The molecule has 1 fully saturated rings. The van der Waals surface area contributed by atoms with Gasteiger partial charge in [-0.2, -0.15) is 0 Å². The van der Waals surface area contributed by atoms with Crippen molar-refractivity contribution in [2.75, 3.05) is 6.61 Å². The number of hydrogen-bond acceptors (Lipinski definition) is 3. The number of aromatic nitrogens is 2. The predicted molar refractivity (Wildman–Crippen MR) is 70.6 cm³/mol. The topological polar surface area (TPSA) is 64.3 Å². The normalized spacial score (nSPS) is 18.5. The Hall–Kier alpha value is -1.59. The van der Waals surface area contributed by atoms with Gasteiger partial charge in [0.2, 0.25) is 0 Å². The standard InChI is InChI=1S/C13H13ClN2O3/c14-6-12-15-10-2-1-8(13(17)18)5-11(10)16(12)7-9-3-4-19-9/h1-2,5,9H,3-4,6-7H2,(H,17,18). The largest absolute Gasteiger partial charge is 0.478 e. The number of aromatic carboxylic acids is 1. The van der Waals surface area contributed by atoms with Gasteiger partial charge >= 0.3 is 5.97 Å². The minimum absolute atomic E-state index is 0.174. The van der Waals surface area contributed by atoms with Gasteiger partial charge in [0.15, 0.2) is 0 Å². The van der Waals surface area contributed by atoms with E-state index in [4.69, 9.17) is 21.4 Å². The number of imidazole rings is 1. The van der Waals surface area contributed by atoms with E-state index in [9.17, 15) is 4.79 Å². The molecule has 2 heterocycles. The number of rotatable bonds is 4. The molecule has 0 amide bonds. The number of benzene rings is 1. The number of hydrogen-bond donors (Lipinski definition) is 1. The molecule has 5 nitrogen and oxygen atoms in total. The quantitative estimate of drug-likeness (QED) is 0.873. The third kappa shape index (κ3) is 2.19. The fraction of sp³-hybridized carbons (Fsp3) is 0.385. The molecule has 100 valence electrons. The molecule has 19 heavy (non-hydrogen) atoms. The second-order valence-corrected chi connectivity index (χ2v) is 4.83. The number of ether oxygens (including phenoxy) is 1. The van der Waals surface area contributed by atoms with Crippen LogP contribution in [0.15, 0.2) is 18.2 Å². The van der Waals surface area contributed by atoms with Gasteiger partial charge in [0.05, 0.1) is 35.1 Å². The number of nitrogens with zero attached hydrogens (tertiary/aromatic N) is 2. The Balaban J connectivity index is 2.08. The molecule has 1 aliphatic rings. The zero-order valence-corrected chi connectivity index (χ0v) is 10.9. The third-order valence-corrected chi connectivity index (χ3v) is 3.61. The molecule has 1 saturated heterocycles. The van der Waals surface area contributed by atoms with Crippen molar-refractivity contribution in [1.82, 2.24) is 9.55 Å². The van der Waals surface area contributed by atoms with E-state index in [2.05, 4.69) is 4.98 Å². The number of carbonyl (C=O) groups is 1. The molecule has 1 N–H and O–H groups in total. The van der Waals surface area contributed by atoms with Crippen LogP contribution >= 0.6 is 11.6 Å². The van der Waals surface area contributed by atoms with Crippen LogP contribution in [-0.2, 0) is 17.2 Å². The number of alkyl halides is 1. The van der Waals surface area contributed by atoms with Crippen LogP contribution in [0.1, 0.15) is 22.6 Å². The Bertz CT molecular complexity index is 634. The van der Waals surface area contributed by atoms with E-state index in [1.165, 1.54) is 0 Å². The van der Waals surface area contributed by atoms with E-state index in [-0.39, 0.29) is 11.7 Å². The molecule has 1 aliphatic heterocycles. The predicted octanol–water partition coefficient (Wildman–Crippen LogP) is 2.26.